The molecule has 2 rings (SSSR count). The average Bonchev–Trinajstić information content (AvgIpc) is 2.67. The molecule has 0 aromatic heterocycles. The van der Waals surface area contributed by atoms with Crippen molar-refractivity contribution in [2.75, 3.05) is 6.61 Å². The zero-order valence-electron chi connectivity index (χ0n) is 20.6. The van der Waals surface area contributed by atoms with Crippen molar-refractivity contribution in [3.63, 3.8) is 0 Å². The summed E-state index contributed by atoms with van der Waals surface area (Å²) in [6, 6.07) is 7.11. The van der Waals surface area contributed by atoms with Gasteiger partial charge in [0.2, 0.25) is 5.91 Å². The number of nitrogens with one attached hydrogen (secondary N) is 1. The number of carbonyl (C=O) groups excluding carboxylic acids is 2. The maximum atomic E-state index is 12.9. The van der Waals surface area contributed by atoms with Crippen LogP contribution in [0.1, 0.15) is 75.5 Å². The van der Waals surface area contributed by atoms with Crippen molar-refractivity contribution in [2.45, 2.75) is 70.6 Å². The summed E-state index contributed by atoms with van der Waals surface area (Å²) in [4.78, 5) is 24.3. The van der Waals surface area contributed by atoms with Gasteiger partial charge in [-0.1, -0.05) is 65.3 Å². The Morgan fingerprint density at radius 2 is 1.53 bits per heavy atom. The molecule has 1 amide bonds. The van der Waals surface area contributed by atoms with Crippen LogP contribution < -0.4 is 4.72 Å². The summed E-state index contributed by atoms with van der Waals surface area (Å²) in [5.41, 5.74) is 1.09. The molecule has 9 heteroatoms. The van der Waals surface area contributed by atoms with Crippen LogP contribution in [0.5, 0.6) is 5.75 Å². The van der Waals surface area contributed by atoms with Crippen molar-refractivity contribution >= 4 is 33.5 Å². The van der Waals surface area contributed by atoms with E-state index in [1.165, 1.54) is 12.1 Å². The Morgan fingerprint density at radius 3 is 2.00 bits per heavy atom. The zero-order valence-corrected chi connectivity index (χ0v) is 22.1. The zero-order chi connectivity index (χ0) is 26.1. The average molecular weight is 510 g/mol. The molecule has 0 heterocycles. The summed E-state index contributed by atoms with van der Waals surface area (Å²) < 4.78 is 32.7. The molecule has 2 aromatic carbocycles. The maximum absolute atomic E-state index is 12.9. The van der Waals surface area contributed by atoms with Crippen LogP contribution >= 0.6 is 11.6 Å². The number of carbonyl (C=O) groups is 2. The lowest BCUT2D eigenvalue weighted by Gasteiger charge is -2.28. The van der Waals surface area contributed by atoms with Crippen LogP contribution in [0.25, 0.3) is 0 Å². The van der Waals surface area contributed by atoms with Gasteiger partial charge in [-0.05, 0) is 52.6 Å². The summed E-state index contributed by atoms with van der Waals surface area (Å²) in [5.74, 6) is -1.31. The highest BCUT2D eigenvalue weighted by atomic mass is 35.5. The second kappa shape index (κ2) is 9.96. The van der Waals surface area contributed by atoms with Gasteiger partial charge in [-0.2, -0.15) is 0 Å². The highest BCUT2D eigenvalue weighted by Gasteiger charge is 2.28. The summed E-state index contributed by atoms with van der Waals surface area (Å²) in [6.07, 6.45) is -0.235. The quantitative estimate of drug-likeness (QED) is 0.538. The SMILES string of the molecule is CCOC(=O)c1ccc(Cl)c(S(=O)(=O)NC(=O)Cc2cc(C(C)(C)C)c(O)c(C(C)(C)C)c2)c1. The number of halogens is 1. The molecule has 0 aliphatic rings. The Labute approximate surface area is 206 Å². The number of phenolic OH excluding ortho intramolecular Hbond substituents is 1. The van der Waals surface area contributed by atoms with Gasteiger partial charge in [0.25, 0.3) is 10.0 Å². The van der Waals surface area contributed by atoms with Gasteiger partial charge in [-0.3, -0.25) is 4.79 Å². The molecular weight excluding hydrogens is 478 g/mol. The van der Waals surface area contributed by atoms with Crippen molar-refractivity contribution in [3.05, 3.63) is 57.6 Å². The molecule has 0 radical (unpaired) electrons. The number of hydrogen-bond acceptors (Lipinski definition) is 6. The van der Waals surface area contributed by atoms with E-state index in [-0.39, 0.29) is 29.4 Å². The number of aromatic hydroxyl groups is 1. The number of amides is 1. The third-order valence-corrected chi connectivity index (χ3v) is 6.99. The molecule has 0 bridgehead atoms. The van der Waals surface area contributed by atoms with Crippen molar-refractivity contribution in [3.8, 4) is 5.75 Å². The van der Waals surface area contributed by atoms with E-state index in [1.54, 1.807) is 19.1 Å². The first-order valence-corrected chi connectivity index (χ1v) is 12.7. The topological polar surface area (TPSA) is 110 Å². The molecule has 0 saturated carbocycles. The molecule has 0 unspecified atom stereocenters. The van der Waals surface area contributed by atoms with E-state index < -0.39 is 37.6 Å². The largest absolute Gasteiger partial charge is 0.507 e. The van der Waals surface area contributed by atoms with Gasteiger partial charge >= 0.3 is 5.97 Å². The minimum absolute atomic E-state index is 0.00208. The van der Waals surface area contributed by atoms with E-state index in [0.29, 0.717) is 16.7 Å². The number of sulfonamides is 1. The highest BCUT2D eigenvalue weighted by Crippen LogP contribution is 2.39. The van der Waals surface area contributed by atoms with E-state index in [2.05, 4.69) is 0 Å². The Morgan fingerprint density at radius 1 is 1.00 bits per heavy atom. The van der Waals surface area contributed by atoms with Crippen LogP contribution in [0.15, 0.2) is 35.2 Å². The van der Waals surface area contributed by atoms with Gasteiger partial charge in [-0.25, -0.2) is 17.9 Å². The van der Waals surface area contributed by atoms with Gasteiger partial charge in [0.1, 0.15) is 10.6 Å². The summed E-state index contributed by atoms with van der Waals surface area (Å²) >= 11 is 6.06. The molecule has 0 atom stereocenters. The van der Waals surface area contributed by atoms with Gasteiger partial charge in [0.05, 0.1) is 23.6 Å². The predicted octanol–water partition coefficient (Wildman–Crippen LogP) is 4.86. The second-order valence-electron chi connectivity index (χ2n) is 10.1. The second-order valence-corrected chi connectivity index (χ2v) is 12.2. The molecule has 0 aliphatic heterocycles. The van der Waals surface area contributed by atoms with Crippen molar-refractivity contribution in [1.29, 1.82) is 0 Å². The monoisotopic (exact) mass is 509 g/mol. The van der Waals surface area contributed by atoms with Crippen LogP contribution in [0.2, 0.25) is 5.02 Å². The van der Waals surface area contributed by atoms with E-state index in [9.17, 15) is 23.1 Å². The molecule has 34 heavy (non-hydrogen) atoms. The van der Waals surface area contributed by atoms with Gasteiger partial charge in [0.15, 0.2) is 0 Å². The first-order valence-electron chi connectivity index (χ1n) is 10.9. The van der Waals surface area contributed by atoms with Crippen LogP contribution in [-0.2, 0) is 36.8 Å². The fourth-order valence-electron chi connectivity index (χ4n) is 3.42. The van der Waals surface area contributed by atoms with Crippen LogP contribution in [0, 0.1) is 0 Å². The van der Waals surface area contributed by atoms with E-state index in [1.807, 2.05) is 46.3 Å². The fraction of sp³-hybridized carbons (Fsp3) is 0.440. The minimum atomic E-state index is -4.36. The van der Waals surface area contributed by atoms with Crippen LogP contribution in [0.4, 0.5) is 0 Å². The molecule has 0 fully saturated rings. The lowest BCUT2D eigenvalue weighted by molar-refractivity contribution is -0.118. The standard InChI is InChI=1S/C25H32ClNO6S/c1-8-33-23(30)16-9-10-19(26)20(14-16)34(31,32)27-21(28)13-15-11-17(24(2,3)4)22(29)18(12-15)25(5,6)7/h9-12,14,29H,8,13H2,1-7H3,(H,27,28). The number of phenols is 1. The number of hydrogen-bond donors (Lipinski definition) is 2. The molecule has 2 aromatic rings. The Bertz CT molecular complexity index is 1170. The third kappa shape index (κ3) is 6.51. The Balaban J connectivity index is 2.39. The maximum Gasteiger partial charge on any atom is 0.338 e. The number of benzene rings is 2. The molecule has 7 nitrogen and oxygen atoms in total. The molecular formula is C25H32ClNO6S. The Hall–Kier alpha value is -2.58. The summed E-state index contributed by atoms with van der Waals surface area (Å²) in [6.45, 7) is 13.4. The highest BCUT2D eigenvalue weighted by molar-refractivity contribution is 7.90. The lowest BCUT2D eigenvalue weighted by Crippen LogP contribution is -2.32. The molecule has 2 N–H and O–H groups in total. The third-order valence-electron chi connectivity index (χ3n) is 5.13. The Kier molecular flexibility index (Phi) is 8.10. The lowest BCUT2D eigenvalue weighted by atomic mass is 9.78. The predicted molar refractivity (Wildman–Crippen MR) is 132 cm³/mol. The van der Waals surface area contributed by atoms with Crippen molar-refractivity contribution in [1.82, 2.24) is 4.72 Å². The number of rotatable bonds is 6. The summed E-state index contributed by atoms with van der Waals surface area (Å²) in [5, 5.41) is 10.7. The number of ether oxygens (including phenoxy) is 1. The fourth-order valence-corrected chi connectivity index (χ4v) is 4.93. The van der Waals surface area contributed by atoms with E-state index in [0.717, 1.165) is 6.07 Å². The molecule has 0 spiro atoms. The smallest absolute Gasteiger partial charge is 0.338 e. The van der Waals surface area contributed by atoms with E-state index in [4.69, 9.17) is 16.3 Å². The van der Waals surface area contributed by atoms with Crippen LogP contribution in [-0.4, -0.2) is 32.0 Å². The van der Waals surface area contributed by atoms with Crippen molar-refractivity contribution < 1.29 is 27.9 Å². The van der Waals surface area contributed by atoms with E-state index >= 15 is 0 Å². The minimum Gasteiger partial charge on any atom is -0.507 e. The molecule has 0 saturated heterocycles. The first kappa shape index (κ1) is 27.7. The first-order chi connectivity index (χ1) is 15.5. The molecule has 186 valence electrons. The molecule has 0 aliphatic carbocycles. The van der Waals surface area contributed by atoms with Crippen LogP contribution in [0.3, 0.4) is 0 Å². The van der Waals surface area contributed by atoms with Gasteiger partial charge in [-0.15, -0.1) is 0 Å². The van der Waals surface area contributed by atoms with Crippen molar-refractivity contribution in [2.24, 2.45) is 0 Å². The summed E-state index contributed by atoms with van der Waals surface area (Å²) in [7, 11) is -4.36. The van der Waals surface area contributed by atoms with Gasteiger partial charge in [0, 0.05) is 0 Å². The number of esters is 1. The van der Waals surface area contributed by atoms with Gasteiger partial charge < -0.3 is 9.84 Å². The normalized spacial score (nSPS) is 12.4.